The highest BCUT2D eigenvalue weighted by Gasteiger charge is 2.25. The van der Waals surface area contributed by atoms with Gasteiger partial charge in [0.2, 0.25) is 0 Å². The lowest BCUT2D eigenvalue weighted by atomic mass is 10.1. The van der Waals surface area contributed by atoms with E-state index in [4.69, 9.17) is 11.6 Å². The Morgan fingerprint density at radius 3 is 2.56 bits per heavy atom. The minimum atomic E-state index is 0.579. The lowest BCUT2D eigenvalue weighted by Gasteiger charge is -2.04. The summed E-state index contributed by atoms with van der Waals surface area (Å²) in [6, 6.07) is 12.3. The Kier molecular flexibility index (Phi) is 3.28. The van der Waals surface area contributed by atoms with Gasteiger partial charge in [0.15, 0.2) is 0 Å². The van der Waals surface area contributed by atoms with Crippen molar-refractivity contribution in [1.29, 1.82) is 0 Å². The van der Waals surface area contributed by atoms with Crippen LogP contribution in [0.4, 0.5) is 0 Å². The summed E-state index contributed by atoms with van der Waals surface area (Å²) in [6.45, 7) is 0. The SMILES string of the molecule is Clc1cc(C2CC2)nc(CCc2ccccc2)n1. The summed E-state index contributed by atoms with van der Waals surface area (Å²) in [6.07, 6.45) is 4.30. The number of aromatic nitrogens is 2. The fraction of sp³-hybridized carbons (Fsp3) is 0.333. The van der Waals surface area contributed by atoms with Crippen molar-refractivity contribution in [3.8, 4) is 0 Å². The van der Waals surface area contributed by atoms with Crippen LogP contribution in [0.5, 0.6) is 0 Å². The number of aryl methyl sites for hydroxylation is 2. The molecule has 0 saturated heterocycles. The molecule has 0 amide bonds. The second-order valence-electron chi connectivity index (χ2n) is 4.79. The predicted molar refractivity (Wildman–Crippen MR) is 72.9 cm³/mol. The average Bonchev–Trinajstić information content (AvgIpc) is 3.21. The third kappa shape index (κ3) is 2.88. The first-order valence-electron chi connectivity index (χ1n) is 6.38. The zero-order valence-electron chi connectivity index (χ0n) is 10.1. The molecule has 0 N–H and O–H groups in total. The zero-order valence-corrected chi connectivity index (χ0v) is 10.9. The first-order chi connectivity index (χ1) is 8.81. The lowest BCUT2D eigenvalue weighted by Crippen LogP contribution is -2.01. The molecule has 0 bridgehead atoms. The minimum absolute atomic E-state index is 0.579. The van der Waals surface area contributed by atoms with Crippen LogP contribution in [0.3, 0.4) is 0 Å². The number of halogens is 1. The van der Waals surface area contributed by atoms with Crippen LogP contribution in [0.25, 0.3) is 0 Å². The van der Waals surface area contributed by atoms with Crippen molar-refractivity contribution in [2.45, 2.75) is 31.6 Å². The molecule has 1 heterocycles. The molecule has 18 heavy (non-hydrogen) atoms. The van der Waals surface area contributed by atoms with Gasteiger partial charge in [0.05, 0.1) is 0 Å². The van der Waals surface area contributed by atoms with Crippen LogP contribution < -0.4 is 0 Å². The van der Waals surface area contributed by atoms with E-state index in [0.717, 1.165) is 24.4 Å². The van der Waals surface area contributed by atoms with E-state index in [-0.39, 0.29) is 0 Å². The van der Waals surface area contributed by atoms with Crippen LogP contribution in [0.1, 0.15) is 35.8 Å². The van der Waals surface area contributed by atoms with E-state index >= 15 is 0 Å². The first kappa shape index (κ1) is 11.7. The van der Waals surface area contributed by atoms with Crippen LogP contribution in [-0.4, -0.2) is 9.97 Å². The van der Waals surface area contributed by atoms with Gasteiger partial charge >= 0.3 is 0 Å². The van der Waals surface area contributed by atoms with Crippen LogP contribution in [-0.2, 0) is 12.8 Å². The Morgan fingerprint density at radius 1 is 1.06 bits per heavy atom. The molecule has 2 aromatic rings. The smallest absolute Gasteiger partial charge is 0.133 e. The second-order valence-corrected chi connectivity index (χ2v) is 5.18. The molecule has 1 aliphatic rings. The molecule has 1 aromatic heterocycles. The molecule has 0 spiro atoms. The quantitative estimate of drug-likeness (QED) is 0.780. The Labute approximate surface area is 112 Å². The zero-order chi connectivity index (χ0) is 12.4. The van der Waals surface area contributed by atoms with Crippen molar-refractivity contribution in [2.24, 2.45) is 0 Å². The van der Waals surface area contributed by atoms with Crippen molar-refractivity contribution in [1.82, 2.24) is 9.97 Å². The normalized spacial score (nSPS) is 14.7. The van der Waals surface area contributed by atoms with Gasteiger partial charge in [0.25, 0.3) is 0 Å². The van der Waals surface area contributed by atoms with Gasteiger partial charge in [0, 0.05) is 18.0 Å². The van der Waals surface area contributed by atoms with Gasteiger partial charge in [-0.05, 0) is 30.9 Å². The highest BCUT2D eigenvalue weighted by molar-refractivity contribution is 6.29. The molecule has 1 aromatic carbocycles. The average molecular weight is 259 g/mol. The molecular weight excluding hydrogens is 244 g/mol. The monoisotopic (exact) mass is 258 g/mol. The van der Waals surface area contributed by atoms with E-state index in [1.165, 1.54) is 18.4 Å². The van der Waals surface area contributed by atoms with Gasteiger partial charge in [-0.1, -0.05) is 41.9 Å². The maximum Gasteiger partial charge on any atom is 0.133 e. The summed E-state index contributed by atoms with van der Waals surface area (Å²) in [4.78, 5) is 8.93. The van der Waals surface area contributed by atoms with Crippen LogP contribution >= 0.6 is 11.6 Å². The number of nitrogens with zero attached hydrogens (tertiary/aromatic N) is 2. The fourth-order valence-corrected chi connectivity index (χ4v) is 2.29. The number of hydrogen-bond acceptors (Lipinski definition) is 2. The molecule has 0 radical (unpaired) electrons. The maximum atomic E-state index is 6.05. The molecule has 3 heteroatoms. The van der Waals surface area contributed by atoms with Crippen molar-refractivity contribution >= 4 is 11.6 Å². The summed E-state index contributed by atoms with van der Waals surface area (Å²) >= 11 is 6.05. The summed E-state index contributed by atoms with van der Waals surface area (Å²) in [5.74, 6) is 1.49. The Balaban J connectivity index is 1.72. The Hall–Kier alpha value is -1.41. The highest BCUT2D eigenvalue weighted by atomic mass is 35.5. The predicted octanol–water partition coefficient (Wildman–Crippen LogP) is 3.79. The number of hydrogen-bond donors (Lipinski definition) is 0. The van der Waals surface area contributed by atoms with Crippen molar-refractivity contribution in [3.05, 3.63) is 58.6 Å². The Morgan fingerprint density at radius 2 is 1.83 bits per heavy atom. The largest absolute Gasteiger partial charge is 0.238 e. The molecule has 3 rings (SSSR count). The molecule has 1 saturated carbocycles. The molecule has 2 nitrogen and oxygen atoms in total. The maximum absolute atomic E-state index is 6.05. The van der Waals surface area contributed by atoms with Gasteiger partial charge in [-0.2, -0.15) is 0 Å². The van der Waals surface area contributed by atoms with Crippen molar-refractivity contribution < 1.29 is 0 Å². The highest BCUT2D eigenvalue weighted by Crippen LogP contribution is 2.39. The van der Waals surface area contributed by atoms with Gasteiger partial charge in [0.1, 0.15) is 11.0 Å². The summed E-state index contributed by atoms with van der Waals surface area (Å²) in [7, 11) is 0. The van der Waals surface area contributed by atoms with Gasteiger partial charge in [-0.15, -0.1) is 0 Å². The third-order valence-corrected chi connectivity index (χ3v) is 3.43. The van der Waals surface area contributed by atoms with Crippen LogP contribution in [0.15, 0.2) is 36.4 Å². The van der Waals surface area contributed by atoms with E-state index in [0.29, 0.717) is 11.1 Å². The molecule has 0 aliphatic heterocycles. The lowest BCUT2D eigenvalue weighted by molar-refractivity contribution is 0.829. The van der Waals surface area contributed by atoms with Gasteiger partial charge < -0.3 is 0 Å². The van der Waals surface area contributed by atoms with Gasteiger partial charge in [-0.3, -0.25) is 0 Å². The summed E-state index contributed by atoms with van der Waals surface area (Å²) in [5.41, 5.74) is 2.44. The molecule has 0 atom stereocenters. The van der Waals surface area contributed by atoms with Crippen molar-refractivity contribution in [3.63, 3.8) is 0 Å². The van der Waals surface area contributed by atoms with E-state index in [2.05, 4.69) is 34.2 Å². The minimum Gasteiger partial charge on any atom is -0.238 e. The van der Waals surface area contributed by atoms with E-state index in [1.807, 2.05) is 12.1 Å². The van der Waals surface area contributed by atoms with Gasteiger partial charge in [-0.25, -0.2) is 9.97 Å². The summed E-state index contributed by atoms with van der Waals surface area (Å²) < 4.78 is 0. The first-order valence-corrected chi connectivity index (χ1v) is 6.76. The van der Waals surface area contributed by atoms with E-state index in [9.17, 15) is 0 Å². The van der Waals surface area contributed by atoms with E-state index < -0.39 is 0 Å². The third-order valence-electron chi connectivity index (χ3n) is 3.24. The number of rotatable bonds is 4. The Bertz CT molecular complexity index is 535. The number of benzene rings is 1. The second kappa shape index (κ2) is 5.07. The topological polar surface area (TPSA) is 25.8 Å². The molecule has 92 valence electrons. The molecule has 1 aliphatic carbocycles. The summed E-state index contributed by atoms with van der Waals surface area (Å²) in [5, 5.41) is 0.579. The fourth-order valence-electron chi connectivity index (χ4n) is 2.08. The van der Waals surface area contributed by atoms with Crippen LogP contribution in [0, 0.1) is 0 Å². The van der Waals surface area contributed by atoms with Crippen LogP contribution in [0.2, 0.25) is 5.15 Å². The van der Waals surface area contributed by atoms with E-state index in [1.54, 1.807) is 0 Å². The standard InChI is InChI=1S/C15H15ClN2/c16-14-10-13(12-7-8-12)17-15(18-14)9-6-11-4-2-1-3-5-11/h1-5,10,12H,6-9H2. The molecule has 1 fully saturated rings. The van der Waals surface area contributed by atoms with Crippen molar-refractivity contribution in [2.75, 3.05) is 0 Å². The molecular formula is C15H15ClN2. The molecule has 0 unspecified atom stereocenters.